The molecule has 1 aromatic carbocycles. The molecule has 9 nitrogen and oxygen atoms in total. The van der Waals surface area contributed by atoms with E-state index in [0.29, 0.717) is 36.0 Å². The fourth-order valence-corrected chi connectivity index (χ4v) is 3.75. The number of nitrogens with zero attached hydrogens (tertiary/aromatic N) is 3. The van der Waals surface area contributed by atoms with E-state index in [1.165, 1.54) is 6.21 Å². The third kappa shape index (κ3) is 14.8. The van der Waals surface area contributed by atoms with Gasteiger partial charge in [-0.15, -0.1) is 0 Å². The van der Waals surface area contributed by atoms with Gasteiger partial charge in [0.15, 0.2) is 0 Å². The number of nitrogens with one attached hydrogen (secondary N) is 1. The molecule has 0 bridgehead atoms. The van der Waals surface area contributed by atoms with E-state index in [-0.39, 0.29) is 7.40 Å². The van der Waals surface area contributed by atoms with Gasteiger partial charge in [0.25, 0.3) is 0 Å². The average molecular weight is 562 g/mol. The topological polar surface area (TPSA) is 114 Å². The van der Waals surface area contributed by atoms with Crippen LogP contribution in [0.4, 0.5) is 11.5 Å². The van der Waals surface area contributed by atoms with Gasteiger partial charge in [-0.25, -0.2) is 4.79 Å². The number of carbonyl (C=O) groups excluding carboxylic acids is 1. The van der Waals surface area contributed by atoms with Gasteiger partial charge in [0, 0.05) is 58.2 Å². The Morgan fingerprint density at radius 1 is 1.10 bits per heavy atom. The number of ether oxygens (including phenoxy) is 3. The van der Waals surface area contributed by atoms with Gasteiger partial charge >= 0.3 is 5.97 Å². The van der Waals surface area contributed by atoms with Crippen LogP contribution in [0.25, 0.3) is 0 Å². The first-order valence-electron chi connectivity index (χ1n) is 14.7. The third-order valence-corrected chi connectivity index (χ3v) is 5.48. The Morgan fingerprint density at radius 2 is 1.75 bits per heavy atom. The molecule has 3 rings (SSSR count). The van der Waals surface area contributed by atoms with E-state index in [1.54, 1.807) is 31.2 Å². The van der Waals surface area contributed by atoms with E-state index < -0.39 is 0 Å². The van der Waals surface area contributed by atoms with Crippen molar-refractivity contribution in [2.45, 2.75) is 61.3 Å². The summed E-state index contributed by atoms with van der Waals surface area (Å²) in [6.45, 7) is 21.6. The van der Waals surface area contributed by atoms with E-state index in [4.69, 9.17) is 25.4 Å². The van der Waals surface area contributed by atoms with Gasteiger partial charge in [0.2, 0.25) is 5.88 Å². The number of carbonyl (C=O) groups is 1. The largest absolute Gasteiger partial charge is 0.476 e. The monoisotopic (exact) mass is 561 g/mol. The quantitative estimate of drug-likeness (QED) is 0.234. The highest BCUT2D eigenvalue weighted by atomic mass is 16.5. The number of aromatic nitrogens is 1. The number of esters is 1. The van der Waals surface area contributed by atoms with Crippen LogP contribution in [0.2, 0.25) is 0 Å². The van der Waals surface area contributed by atoms with Crippen molar-refractivity contribution >= 4 is 23.7 Å². The zero-order valence-corrected chi connectivity index (χ0v) is 25.9. The first-order chi connectivity index (χ1) is 19.5. The minimum Gasteiger partial charge on any atom is -0.476 e. The van der Waals surface area contributed by atoms with Gasteiger partial charge in [0.05, 0.1) is 25.4 Å². The van der Waals surface area contributed by atoms with Crippen LogP contribution in [-0.2, 0) is 9.47 Å². The number of pyridine rings is 1. The Balaban J connectivity index is 0. The molecule has 0 amide bonds. The lowest BCUT2D eigenvalue weighted by molar-refractivity contribution is 0.0320. The van der Waals surface area contributed by atoms with Crippen molar-refractivity contribution in [2.24, 2.45) is 0 Å². The first-order valence-corrected chi connectivity index (χ1v) is 14.7. The first kappa shape index (κ1) is 36.8. The summed E-state index contributed by atoms with van der Waals surface area (Å²) in [5, 5.41) is 7.01. The third-order valence-electron chi connectivity index (χ3n) is 5.48. The van der Waals surface area contributed by atoms with Crippen LogP contribution >= 0.6 is 0 Å². The molecule has 1 aliphatic rings. The second-order valence-electron chi connectivity index (χ2n) is 8.37. The standard InChI is InChI=1S/C17H30N4O2.C10H11NO2.2C2H6.H2/c1-3-5-21(6-4-2)15-13-16(18)19-17(14-15)23-12-9-20-7-10-22-11-8-20;1-2-13-10(12)9-5-3-4-8(6-9)7-11;2*1-2;/h13-14H,3-12H2,1-2H3,(H2,18,19);3-7,11H,2H2,1H3;2*1-2H3;1H. The van der Waals surface area contributed by atoms with Crippen molar-refractivity contribution < 1.29 is 20.4 Å². The summed E-state index contributed by atoms with van der Waals surface area (Å²) < 4.78 is 16.0. The lowest BCUT2D eigenvalue weighted by atomic mass is 10.1. The summed E-state index contributed by atoms with van der Waals surface area (Å²) in [6, 6.07) is 10.7. The molecule has 0 atom stereocenters. The van der Waals surface area contributed by atoms with Crippen molar-refractivity contribution in [3.63, 3.8) is 0 Å². The van der Waals surface area contributed by atoms with Gasteiger partial charge in [-0.3, -0.25) is 4.90 Å². The molecule has 9 heteroatoms. The molecule has 0 aliphatic carbocycles. The number of nitrogen functional groups attached to an aromatic ring is 1. The van der Waals surface area contributed by atoms with Gasteiger partial charge in [0.1, 0.15) is 12.4 Å². The van der Waals surface area contributed by atoms with Gasteiger partial charge in [-0.05, 0) is 37.5 Å². The van der Waals surface area contributed by atoms with Crippen molar-refractivity contribution in [1.82, 2.24) is 9.88 Å². The lowest BCUT2D eigenvalue weighted by Crippen LogP contribution is -2.38. The van der Waals surface area contributed by atoms with Crippen LogP contribution in [0, 0.1) is 5.41 Å². The molecule has 1 aliphatic heterocycles. The van der Waals surface area contributed by atoms with Gasteiger partial charge < -0.3 is 30.3 Å². The highest BCUT2D eigenvalue weighted by molar-refractivity contribution is 5.91. The van der Waals surface area contributed by atoms with Crippen LogP contribution in [0.15, 0.2) is 36.4 Å². The Labute approximate surface area is 244 Å². The maximum atomic E-state index is 11.2. The predicted octanol–water partition coefficient (Wildman–Crippen LogP) is 6.16. The molecular formula is C31H55N5O4. The SMILES string of the molecule is CC.CC.CCCN(CCC)c1cc(N)nc(OCCN2CCOCC2)c1.CCOC(=O)c1cccc(C=N)c1.[HH]. The average Bonchev–Trinajstić information content (AvgIpc) is 3.00. The minimum atomic E-state index is -0.341. The summed E-state index contributed by atoms with van der Waals surface area (Å²) in [4.78, 5) is 20.2. The molecule has 0 spiro atoms. The number of nitrogens with two attached hydrogens (primary N) is 1. The summed E-state index contributed by atoms with van der Waals surface area (Å²) in [7, 11) is 0. The molecule has 0 saturated carbocycles. The minimum absolute atomic E-state index is 0. The fraction of sp³-hybridized carbons (Fsp3) is 0.581. The van der Waals surface area contributed by atoms with E-state index in [1.807, 2.05) is 39.8 Å². The van der Waals surface area contributed by atoms with Crippen molar-refractivity contribution in [3.8, 4) is 5.88 Å². The molecule has 0 radical (unpaired) electrons. The predicted molar refractivity (Wildman–Crippen MR) is 169 cm³/mol. The molecule has 2 aromatic rings. The highest BCUT2D eigenvalue weighted by Crippen LogP contribution is 2.23. The van der Waals surface area contributed by atoms with Gasteiger partial charge in [-0.1, -0.05) is 53.7 Å². The molecule has 3 N–H and O–H groups in total. The maximum Gasteiger partial charge on any atom is 0.338 e. The van der Waals surface area contributed by atoms with Crippen LogP contribution in [0.3, 0.4) is 0 Å². The normalized spacial score (nSPS) is 12.3. The molecule has 40 heavy (non-hydrogen) atoms. The maximum absolute atomic E-state index is 11.2. The van der Waals surface area contributed by atoms with E-state index in [0.717, 1.165) is 64.5 Å². The van der Waals surface area contributed by atoms with E-state index >= 15 is 0 Å². The Kier molecular flexibility index (Phi) is 21.8. The second-order valence-corrected chi connectivity index (χ2v) is 8.37. The van der Waals surface area contributed by atoms with Crippen LogP contribution < -0.4 is 15.4 Å². The highest BCUT2D eigenvalue weighted by Gasteiger charge is 2.12. The Bertz CT molecular complexity index is 936. The van der Waals surface area contributed by atoms with Crippen LogP contribution in [0.5, 0.6) is 5.88 Å². The number of rotatable bonds is 12. The zero-order chi connectivity index (χ0) is 30.2. The molecule has 1 aromatic heterocycles. The van der Waals surface area contributed by atoms with Gasteiger partial charge in [-0.2, -0.15) is 4.98 Å². The smallest absolute Gasteiger partial charge is 0.338 e. The number of morpholine rings is 1. The number of hydrogen-bond acceptors (Lipinski definition) is 9. The Morgan fingerprint density at radius 3 is 2.33 bits per heavy atom. The summed E-state index contributed by atoms with van der Waals surface area (Å²) >= 11 is 0. The molecular weight excluding hydrogens is 506 g/mol. The van der Waals surface area contributed by atoms with Crippen molar-refractivity contribution in [2.75, 3.05) is 69.8 Å². The van der Waals surface area contributed by atoms with Crippen LogP contribution in [0.1, 0.15) is 78.7 Å². The number of hydrogen-bond donors (Lipinski definition) is 2. The fourth-order valence-electron chi connectivity index (χ4n) is 3.75. The molecule has 0 unspecified atom stereocenters. The number of anilines is 2. The summed E-state index contributed by atoms with van der Waals surface area (Å²) in [5.41, 5.74) is 8.25. The van der Waals surface area contributed by atoms with Crippen molar-refractivity contribution in [1.29, 1.82) is 5.41 Å². The zero-order valence-electron chi connectivity index (χ0n) is 25.9. The number of benzene rings is 1. The summed E-state index contributed by atoms with van der Waals surface area (Å²) in [5.74, 6) is 0.790. The second kappa shape index (κ2) is 23.7. The summed E-state index contributed by atoms with van der Waals surface area (Å²) in [6.07, 6.45) is 3.41. The molecule has 1 fully saturated rings. The van der Waals surface area contributed by atoms with Crippen molar-refractivity contribution in [3.05, 3.63) is 47.5 Å². The molecule has 228 valence electrons. The van der Waals surface area contributed by atoms with Crippen LogP contribution in [-0.4, -0.2) is 81.2 Å². The molecule has 2 heterocycles. The lowest BCUT2D eigenvalue weighted by Gasteiger charge is -2.26. The van der Waals surface area contributed by atoms with E-state index in [9.17, 15) is 4.79 Å². The Hall–Kier alpha value is -3.17. The molecule has 1 saturated heterocycles. The van der Waals surface area contributed by atoms with E-state index in [2.05, 4.69) is 28.6 Å².